The van der Waals surface area contributed by atoms with Crippen LogP contribution in [0.25, 0.3) is 65.8 Å². The SMILES string of the molecule is c1ccc(N(c2ccccc2)c2ccc3c(c2)oc2ccc(N(c4ccccc4)c4ccc5c(c4)oc4ccc(N(c6ccccc6)c6ccc7c(c6)Sc6cccc8cccc-7c68)cc45)cc23)cc1. The average Bonchev–Trinajstić information content (AvgIpc) is 3.97. The quantitative estimate of drug-likeness (QED) is 0.144. The molecule has 0 fully saturated rings. The topological polar surface area (TPSA) is 36.0 Å². The minimum absolute atomic E-state index is 0.818. The maximum atomic E-state index is 6.74. The highest BCUT2D eigenvalue weighted by Gasteiger charge is 2.24. The molecule has 0 N–H and O–H groups in total. The van der Waals surface area contributed by atoms with Gasteiger partial charge in [0.25, 0.3) is 0 Å². The van der Waals surface area contributed by atoms with Crippen molar-refractivity contribution in [3.05, 3.63) is 249 Å². The van der Waals surface area contributed by atoms with Gasteiger partial charge in [-0.25, -0.2) is 0 Å². The highest BCUT2D eigenvalue weighted by molar-refractivity contribution is 7.99. The Morgan fingerprint density at radius 3 is 1.17 bits per heavy atom. The highest BCUT2D eigenvalue weighted by atomic mass is 32.2. The second kappa shape index (κ2) is 16.4. The fourth-order valence-electron chi connectivity index (χ4n) is 10.4. The van der Waals surface area contributed by atoms with Gasteiger partial charge < -0.3 is 23.5 Å². The first-order valence-electron chi connectivity index (χ1n) is 23.6. The number of hydrogen-bond donors (Lipinski definition) is 0. The van der Waals surface area contributed by atoms with Gasteiger partial charge in [0, 0.05) is 100 Å². The molecule has 2 aromatic heterocycles. The van der Waals surface area contributed by atoms with Crippen molar-refractivity contribution in [1.82, 2.24) is 0 Å². The van der Waals surface area contributed by atoms with Crippen LogP contribution in [0.4, 0.5) is 51.2 Å². The van der Waals surface area contributed by atoms with Crippen LogP contribution in [0.5, 0.6) is 0 Å². The van der Waals surface area contributed by atoms with Gasteiger partial charge in [-0.15, -0.1) is 0 Å². The van der Waals surface area contributed by atoms with Crippen molar-refractivity contribution in [2.24, 2.45) is 0 Å². The molecule has 0 radical (unpaired) electrons. The molecule has 0 bridgehead atoms. The van der Waals surface area contributed by atoms with E-state index >= 15 is 0 Å². The third-order valence-corrected chi connectivity index (χ3v) is 14.7. The van der Waals surface area contributed by atoms with Crippen molar-refractivity contribution >= 4 is 118 Å². The fraction of sp³-hybridized carbons (Fsp3) is 0. The number of nitrogens with zero attached hydrogens (tertiary/aromatic N) is 3. The van der Waals surface area contributed by atoms with Crippen molar-refractivity contribution in [1.29, 1.82) is 0 Å². The lowest BCUT2D eigenvalue weighted by Gasteiger charge is -2.28. The molecule has 1 aliphatic rings. The summed E-state index contributed by atoms with van der Waals surface area (Å²) >= 11 is 1.85. The molecule has 0 saturated carbocycles. The lowest BCUT2D eigenvalue weighted by Crippen LogP contribution is -2.10. The summed E-state index contributed by atoms with van der Waals surface area (Å²) in [6.45, 7) is 0. The smallest absolute Gasteiger partial charge is 0.137 e. The number of para-hydroxylation sites is 4. The van der Waals surface area contributed by atoms with Gasteiger partial charge >= 0.3 is 0 Å². The summed E-state index contributed by atoms with van der Waals surface area (Å²) in [6, 6.07) is 88.3. The molecule has 3 heterocycles. The van der Waals surface area contributed by atoms with E-state index in [1.165, 1.54) is 31.7 Å². The van der Waals surface area contributed by atoms with Crippen molar-refractivity contribution in [3.8, 4) is 11.1 Å². The van der Waals surface area contributed by atoms with E-state index in [9.17, 15) is 0 Å². The molecule has 1 aliphatic heterocycles. The molecule has 11 aromatic carbocycles. The molecule has 330 valence electrons. The van der Waals surface area contributed by atoms with E-state index in [0.29, 0.717) is 0 Å². The number of hydrogen-bond acceptors (Lipinski definition) is 6. The van der Waals surface area contributed by atoms with E-state index in [0.717, 1.165) is 95.1 Å². The summed E-state index contributed by atoms with van der Waals surface area (Å²) in [5.74, 6) is 0. The number of benzene rings is 11. The Morgan fingerprint density at radius 2 is 0.671 bits per heavy atom. The first-order chi connectivity index (χ1) is 34.7. The van der Waals surface area contributed by atoms with Gasteiger partial charge in [0.2, 0.25) is 0 Å². The van der Waals surface area contributed by atoms with E-state index in [-0.39, 0.29) is 0 Å². The number of anilines is 9. The van der Waals surface area contributed by atoms with Crippen LogP contribution >= 0.6 is 11.8 Å². The predicted molar refractivity (Wildman–Crippen MR) is 292 cm³/mol. The summed E-state index contributed by atoms with van der Waals surface area (Å²) in [7, 11) is 0. The Kier molecular flexibility index (Phi) is 9.39. The minimum atomic E-state index is 0.818. The number of fused-ring (bicyclic) bond motifs is 8. The molecule has 5 nitrogen and oxygen atoms in total. The van der Waals surface area contributed by atoms with E-state index in [2.05, 4.69) is 251 Å². The van der Waals surface area contributed by atoms with Crippen molar-refractivity contribution in [3.63, 3.8) is 0 Å². The number of rotatable bonds is 9. The molecule has 14 rings (SSSR count). The minimum Gasteiger partial charge on any atom is -0.456 e. The van der Waals surface area contributed by atoms with Crippen LogP contribution in [-0.4, -0.2) is 0 Å². The molecule has 0 saturated heterocycles. The molecule has 0 amide bonds. The van der Waals surface area contributed by atoms with Crippen LogP contribution < -0.4 is 14.7 Å². The lowest BCUT2D eigenvalue weighted by atomic mass is 9.97. The molecule has 0 atom stereocenters. The Balaban J connectivity index is 0.845. The summed E-state index contributed by atoms with van der Waals surface area (Å²) < 4.78 is 13.4. The summed E-state index contributed by atoms with van der Waals surface area (Å²) in [4.78, 5) is 9.45. The van der Waals surface area contributed by atoms with E-state index in [1.807, 2.05) is 23.9 Å². The molecular formula is C64H41N3O2S. The molecule has 0 unspecified atom stereocenters. The molecular weight excluding hydrogens is 875 g/mol. The third-order valence-electron chi connectivity index (χ3n) is 13.6. The maximum absolute atomic E-state index is 6.74. The first kappa shape index (κ1) is 40.1. The zero-order valence-electron chi connectivity index (χ0n) is 37.7. The Labute approximate surface area is 408 Å². The van der Waals surface area contributed by atoms with Crippen molar-refractivity contribution < 1.29 is 8.83 Å². The zero-order valence-corrected chi connectivity index (χ0v) is 38.6. The molecule has 0 aliphatic carbocycles. The average molecular weight is 916 g/mol. The zero-order chi connectivity index (χ0) is 46.1. The second-order valence-electron chi connectivity index (χ2n) is 17.7. The predicted octanol–water partition coefficient (Wildman–Crippen LogP) is 19.2. The van der Waals surface area contributed by atoms with Gasteiger partial charge in [0.15, 0.2) is 0 Å². The van der Waals surface area contributed by atoms with Gasteiger partial charge in [0.1, 0.15) is 22.3 Å². The van der Waals surface area contributed by atoms with E-state index < -0.39 is 0 Å². The fourth-order valence-corrected chi connectivity index (χ4v) is 11.6. The summed E-state index contributed by atoms with van der Waals surface area (Å²) in [5.41, 5.74) is 15.3. The van der Waals surface area contributed by atoms with Gasteiger partial charge in [-0.3, -0.25) is 0 Å². The van der Waals surface area contributed by atoms with Crippen LogP contribution in [0.3, 0.4) is 0 Å². The van der Waals surface area contributed by atoms with Gasteiger partial charge in [-0.2, -0.15) is 0 Å². The van der Waals surface area contributed by atoms with E-state index in [4.69, 9.17) is 8.83 Å². The highest BCUT2D eigenvalue weighted by Crippen LogP contribution is 2.51. The first-order valence-corrected chi connectivity index (χ1v) is 24.4. The molecule has 70 heavy (non-hydrogen) atoms. The Morgan fingerprint density at radius 1 is 0.257 bits per heavy atom. The monoisotopic (exact) mass is 915 g/mol. The normalized spacial score (nSPS) is 11.9. The lowest BCUT2D eigenvalue weighted by molar-refractivity contribution is 0.668. The summed E-state index contributed by atoms with van der Waals surface area (Å²) in [5, 5.41) is 6.83. The van der Waals surface area contributed by atoms with Gasteiger partial charge in [-0.05, 0) is 144 Å². The van der Waals surface area contributed by atoms with Gasteiger partial charge in [0.05, 0.1) is 0 Å². The molecule has 13 aromatic rings. The van der Waals surface area contributed by atoms with Crippen LogP contribution in [0.15, 0.2) is 267 Å². The Bertz CT molecular complexity index is 4070. The second-order valence-corrected chi connectivity index (χ2v) is 18.8. The van der Waals surface area contributed by atoms with Crippen molar-refractivity contribution in [2.45, 2.75) is 9.79 Å². The van der Waals surface area contributed by atoms with Crippen LogP contribution in [0, 0.1) is 0 Å². The van der Waals surface area contributed by atoms with Crippen LogP contribution in [0.2, 0.25) is 0 Å². The van der Waals surface area contributed by atoms with E-state index in [1.54, 1.807) is 0 Å². The molecule has 6 heteroatoms. The van der Waals surface area contributed by atoms with Crippen LogP contribution in [0.1, 0.15) is 0 Å². The van der Waals surface area contributed by atoms with Gasteiger partial charge in [-0.1, -0.05) is 121 Å². The van der Waals surface area contributed by atoms with Crippen LogP contribution in [-0.2, 0) is 0 Å². The third kappa shape index (κ3) is 6.72. The summed E-state index contributed by atoms with van der Waals surface area (Å²) in [6.07, 6.45) is 0. The largest absolute Gasteiger partial charge is 0.456 e. The maximum Gasteiger partial charge on any atom is 0.137 e. The van der Waals surface area contributed by atoms with Crippen molar-refractivity contribution in [2.75, 3.05) is 14.7 Å². The molecule has 0 spiro atoms. The Hall–Kier alpha value is -8.97. The number of furan rings is 2. The standard InChI is InChI=1S/C64H41N3O2S/c1-5-17-43(18-6-1)65(44-19-7-2-8-20-44)49-27-32-52-56-37-47(30-35-58(56)68-60(52)39-49)66(45-21-9-3-10-22-45)50-28-33-53-57-38-48(31-36-59(57)69-61(53)40-50)67(46-23-11-4-12-24-46)51-29-34-54-55-25-13-15-42-16-14-26-62(64(42)55)70-63(54)41-51/h1-41H.